The Morgan fingerprint density at radius 1 is 1.40 bits per heavy atom. The topological polar surface area (TPSA) is 75.4 Å². The lowest BCUT2D eigenvalue weighted by molar-refractivity contribution is 0.0717. The molecule has 0 spiro atoms. The molecule has 0 heterocycles. The number of carbonyl (C=O) groups excluding carboxylic acids is 1. The van der Waals surface area contributed by atoms with Crippen LogP contribution in [0.5, 0.6) is 0 Å². The van der Waals surface area contributed by atoms with E-state index < -0.39 is 5.54 Å². The van der Waals surface area contributed by atoms with Crippen LogP contribution in [-0.2, 0) is 0 Å². The van der Waals surface area contributed by atoms with Crippen molar-refractivity contribution in [2.24, 2.45) is 5.92 Å². The maximum absolute atomic E-state index is 12.4. The highest BCUT2D eigenvalue weighted by Crippen LogP contribution is 2.31. The summed E-state index contributed by atoms with van der Waals surface area (Å²) < 4.78 is 0. The molecule has 20 heavy (non-hydrogen) atoms. The van der Waals surface area contributed by atoms with E-state index in [1.54, 1.807) is 6.07 Å². The Balaban J connectivity index is 2.13. The highest BCUT2D eigenvalue weighted by Gasteiger charge is 2.35. The summed E-state index contributed by atoms with van der Waals surface area (Å²) in [7, 11) is 0. The molecule has 1 amide bonds. The third-order valence-corrected chi connectivity index (χ3v) is 4.27. The fourth-order valence-corrected chi connectivity index (χ4v) is 2.89. The highest BCUT2D eigenvalue weighted by molar-refractivity contribution is 5.95. The summed E-state index contributed by atoms with van der Waals surface area (Å²) in [6.45, 7) is 4.12. The Morgan fingerprint density at radius 2 is 2.05 bits per heavy atom. The summed E-state index contributed by atoms with van der Waals surface area (Å²) >= 11 is 0. The summed E-state index contributed by atoms with van der Waals surface area (Å²) in [5.41, 5.74) is 7.43. The van der Waals surface area contributed by atoms with Crippen molar-refractivity contribution in [1.29, 1.82) is 0 Å². The number of benzene rings is 1. The van der Waals surface area contributed by atoms with Gasteiger partial charge in [0.1, 0.15) is 0 Å². The molecule has 1 aromatic carbocycles. The quantitative estimate of drug-likeness (QED) is 0.741. The molecule has 0 unspecified atom stereocenters. The molecule has 1 fully saturated rings. The largest absolute Gasteiger partial charge is 0.399 e. The standard InChI is InChI=1S/C16H24N2O2/c1-11-3-5-16(10-19,6-4-11)18-15(20)13-7-12(2)8-14(17)9-13/h7-9,11,19H,3-6,10,17H2,1-2H3,(H,18,20). The van der Waals surface area contributed by atoms with Gasteiger partial charge >= 0.3 is 0 Å². The number of nitrogens with one attached hydrogen (secondary N) is 1. The number of nitrogen functional groups attached to an aromatic ring is 1. The molecule has 1 aliphatic carbocycles. The number of anilines is 1. The van der Waals surface area contributed by atoms with E-state index >= 15 is 0 Å². The van der Waals surface area contributed by atoms with Crippen LogP contribution in [0.1, 0.15) is 48.5 Å². The van der Waals surface area contributed by atoms with Gasteiger partial charge in [-0.1, -0.05) is 6.92 Å². The Morgan fingerprint density at radius 3 is 2.60 bits per heavy atom. The van der Waals surface area contributed by atoms with E-state index in [-0.39, 0.29) is 12.5 Å². The van der Waals surface area contributed by atoms with Crippen LogP contribution in [0.4, 0.5) is 5.69 Å². The van der Waals surface area contributed by atoms with Crippen LogP contribution in [0.2, 0.25) is 0 Å². The molecule has 0 aliphatic heterocycles. The van der Waals surface area contributed by atoms with E-state index in [1.807, 2.05) is 19.1 Å². The number of aliphatic hydroxyl groups is 1. The molecule has 4 heteroatoms. The average molecular weight is 276 g/mol. The first-order valence-electron chi connectivity index (χ1n) is 7.25. The fourth-order valence-electron chi connectivity index (χ4n) is 2.89. The number of aliphatic hydroxyl groups excluding tert-OH is 1. The van der Waals surface area contributed by atoms with Crippen molar-refractivity contribution in [3.8, 4) is 0 Å². The molecule has 0 saturated heterocycles. The SMILES string of the molecule is Cc1cc(N)cc(C(=O)NC2(CO)CCC(C)CC2)c1. The van der Waals surface area contributed by atoms with Crippen LogP contribution >= 0.6 is 0 Å². The van der Waals surface area contributed by atoms with Crippen molar-refractivity contribution < 1.29 is 9.90 Å². The third-order valence-electron chi connectivity index (χ3n) is 4.27. The van der Waals surface area contributed by atoms with Gasteiger partial charge in [0, 0.05) is 11.3 Å². The first kappa shape index (κ1) is 14.9. The predicted octanol–water partition coefficient (Wildman–Crippen LogP) is 2.25. The summed E-state index contributed by atoms with van der Waals surface area (Å²) in [6.07, 6.45) is 3.74. The van der Waals surface area contributed by atoms with Gasteiger partial charge in [-0.05, 0) is 62.3 Å². The number of rotatable bonds is 3. The minimum Gasteiger partial charge on any atom is -0.399 e. The lowest BCUT2D eigenvalue weighted by Crippen LogP contribution is -2.53. The molecule has 4 N–H and O–H groups in total. The van der Waals surface area contributed by atoms with E-state index in [4.69, 9.17) is 5.73 Å². The highest BCUT2D eigenvalue weighted by atomic mass is 16.3. The average Bonchev–Trinajstić information content (AvgIpc) is 2.40. The molecule has 2 rings (SSSR count). The van der Waals surface area contributed by atoms with E-state index in [1.165, 1.54) is 0 Å². The molecule has 4 nitrogen and oxygen atoms in total. The van der Waals surface area contributed by atoms with Crippen LogP contribution in [0.25, 0.3) is 0 Å². The van der Waals surface area contributed by atoms with E-state index in [2.05, 4.69) is 12.2 Å². The molecule has 0 bridgehead atoms. The molecule has 1 aromatic rings. The number of hydrogen-bond donors (Lipinski definition) is 3. The van der Waals surface area contributed by atoms with Gasteiger partial charge in [0.15, 0.2) is 0 Å². The molecule has 110 valence electrons. The van der Waals surface area contributed by atoms with Crippen LogP contribution in [0, 0.1) is 12.8 Å². The van der Waals surface area contributed by atoms with E-state index in [9.17, 15) is 9.90 Å². The van der Waals surface area contributed by atoms with Crippen LogP contribution < -0.4 is 11.1 Å². The van der Waals surface area contributed by atoms with Crippen molar-refractivity contribution in [3.63, 3.8) is 0 Å². The molecule has 1 aliphatic rings. The van der Waals surface area contributed by atoms with E-state index in [0.717, 1.165) is 31.2 Å². The molecule has 0 aromatic heterocycles. The second-order valence-electron chi connectivity index (χ2n) is 6.21. The van der Waals surface area contributed by atoms with Gasteiger partial charge in [0.25, 0.3) is 5.91 Å². The first-order chi connectivity index (χ1) is 9.44. The van der Waals surface area contributed by atoms with Crippen LogP contribution in [0.3, 0.4) is 0 Å². The zero-order chi connectivity index (χ0) is 14.8. The van der Waals surface area contributed by atoms with Gasteiger partial charge < -0.3 is 16.2 Å². The van der Waals surface area contributed by atoms with Crippen molar-refractivity contribution >= 4 is 11.6 Å². The van der Waals surface area contributed by atoms with Gasteiger partial charge in [-0.25, -0.2) is 0 Å². The molecule has 1 saturated carbocycles. The summed E-state index contributed by atoms with van der Waals surface area (Å²) in [6, 6.07) is 5.34. The Hall–Kier alpha value is -1.55. The van der Waals surface area contributed by atoms with E-state index in [0.29, 0.717) is 17.2 Å². The Bertz CT molecular complexity index is 471. The van der Waals surface area contributed by atoms with Gasteiger partial charge in [-0.3, -0.25) is 4.79 Å². The monoisotopic (exact) mass is 276 g/mol. The summed E-state index contributed by atoms with van der Waals surface area (Å²) in [5, 5.41) is 12.7. The number of hydrogen-bond acceptors (Lipinski definition) is 3. The number of carbonyl (C=O) groups is 1. The molecule has 0 atom stereocenters. The minimum absolute atomic E-state index is 0.00718. The Labute approximate surface area is 120 Å². The lowest BCUT2D eigenvalue weighted by atomic mass is 9.77. The third kappa shape index (κ3) is 3.31. The molecular formula is C16H24N2O2. The molecular weight excluding hydrogens is 252 g/mol. The first-order valence-corrected chi connectivity index (χ1v) is 7.25. The second-order valence-corrected chi connectivity index (χ2v) is 6.21. The van der Waals surface area contributed by atoms with Crippen molar-refractivity contribution in [1.82, 2.24) is 5.32 Å². The van der Waals surface area contributed by atoms with Gasteiger partial charge in [0.2, 0.25) is 0 Å². The molecule has 0 radical (unpaired) electrons. The van der Waals surface area contributed by atoms with Crippen LogP contribution in [-0.4, -0.2) is 23.2 Å². The van der Waals surface area contributed by atoms with Crippen molar-refractivity contribution in [2.45, 2.75) is 45.1 Å². The Kier molecular flexibility index (Phi) is 4.33. The van der Waals surface area contributed by atoms with Gasteiger partial charge in [-0.15, -0.1) is 0 Å². The lowest BCUT2D eigenvalue weighted by Gasteiger charge is -2.38. The maximum Gasteiger partial charge on any atom is 0.251 e. The summed E-state index contributed by atoms with van der Waals surface area (Å²) in [4.78, 5) is 12.4. The van der Waals surface area contributed by atoms with Crippen LogP contribution in [0.15, 0.2) is 18.2 Å². The number of amides is 1. The van der Waals surface area contributed by atoms with Gasteiger partial charge in [-0.2, -0.15) is 0 Å². The smallest absolute Gasteiger partial charge is 0.251 e. The fraction of sp³-hybridized carbons (Fsp3) is 0.562. The van der Waals surface area contributed by atoms with Crippen molar-refractivity contribution in [2.75, 3.05) is 12.3 Å². The number of aryl methyl sites for hydroxylation is 1. The minimum atomic E-state index is -0.470. The van der Waals surface area contributed by atoms with Crippen molar-refractivity contribution in [3.05, 3.63) is 29.3 Å². The van der Waals surface area contributed by atoms with Gasteiger partial charge in [0.05, 0.1) is 12.1 Å². The zero-order valence-corrected chi connectivity index (χ0v) is 12.3. The number of nitrogens with two attached hydrogens (primary N) is 1. The normalized spacial score (nSPS) is 26.2. The second kappa shape index (κ2) is 5.83. The predicted molar refractivity (Wildman–Crippen MR) is 80.5 cm³/mol. The zero-order valence-electron chi connectivity index (χ0n) is 12.3. The summed E-state index contributed by atoms with van der Waals surface area (Å²) in [5.74, 6) is 0.519. The maximum atomic E-state index is 12.4.